The van der Waals surface area contributed by atoms with Crippen LogP contribution in [0.25, 0.3) is 5.65 Å². The number of thiazole rings is 1. The summed E-state index contributed by atoms with van der Waals surface area (Å²) in [5.41, 5.74) is 2.03. The van der Waals surface area contributed by atoms with E-state index >= 15 is 0 Å². The van der Waals surface area contributed by atoms with E-state index in [-0.39, 0.29) is 23.4 Å². The Morgan fingerprint density at radius 1 is 1.07 bits per heavy atom. The predicted octanol–water partition coefficient (Wildman–Crippen LogP) is 2.44. The van der Waals surface area contributed by atoms with E-state index in [0.717, 1.165) is 5.56 Å². The number of hydrogen-bond donors (Lipinski definition) is 4. The maximum Gasteiger partial charge on any atom is 0.271 e. The van der Waals surface area contributed by atoms with E-state index in [2.05, 4.69) is 36.3 Å². The molecule has 4 N–H and O–H groups in total. The summed E-state index contributed by atoms with van der Waals surface area (Å²) in [5, 5.41) is 17.9. The Morgan fingerprint density at radius 2 is 1.88 bits per heavy atom. The van der Waals surface area contributed by atoms with Crippen LogP contribution in [0.3, 0.4) is 0 Å². The zero-order valence-corrected chi connectivity index (χ0v) is 24.8. The Bertz CT molecular complexity index is 1600. The number of pyridine rings is 1. The van der Waals surface area contributed by atoms with Crippen molar-refractivity contribution in [1.82, 2.24) is 40.8 Å². The topological polar surface area (TPSA) is 159 Å². The second kappa shape index (κ2) is 13.6. The summed E-state index contributed by atoms with van der Waals surface area (Å²) in [6.07, 6.45) is 4.78. The Labute approximate surface area is 252 Å². The van der Waals surface area contributed by atoms with Crippen LogP contribution in [0.2, 0.25) is 0 Å². The van der Waals surface area contributed by atoms with Crippen molar-refractivity contribution in [2.24, 2.45) is 5.92 Å². The summed E-state index contributed by atoms with van der Waals surface area (Å²) in [6, 6.07) is 10.7. The van der Waals surface area contributed by atoms with Gasteiger partial charge < -0.3 is 21.3 Å². The third-order valence-electron chi connectivity index (χ3n) is 7.27. The van der Waals surface area contributed by atoms with Crippen LogP contribution in [0.15, 0.2) is 60.4 Å². The van der Waals surface area contributed by atoms with Crippen LogP contribution in [0.5, 0.6) is 0 Å². The van der Waals surface area contributed by atoms with E-state index < -0.39 is 29.9 Å². The summed E-state index contributed by atoms with van der Waals surface area (Å²) in [6.45, 7) is 4.25. The van der Waals surface area contributed by atoms with Crippen LogP contribution in [-0.2, 0) is 16.0 Å². The van der Waals surface area contributed by atoms with Crippen LogP contribution >= 0.6 is 11.3 Å². The lowest BCUT2D eigenvalue weighted by Crippen LogP contribution is -2.49. The van der Waals surface area contributed by atoms with Crippen molar-refractivity contribution in [3.8, 4) is 0 Å². The van der Waals surface area contributed by atoms with Crippen LogP contribution < -0.4 is 21.3 Å². The van der Waals surface area contributed by atoms with Crippen molar-refractivity contribution in [1.29, 1.82) is 0 Å². The third kappa shape index (κ3) is 7.41. The molecule has 0 saturated heterocycles. The first-order chi connectivity index (χ1) is 20.8. The summed E-state index contributed by atoms with van der Waals surface area (Å²) in [7, 11) is 0. The molecular formula is C30H34N8O4S. The summed E-state index contributed by atoms with van der Waals surface area (Å²) >= 11 is 1.26. The van der Waals surface area contributed by atoms with E-state index in [0.29, 0.717) is 48.4 Å². The van der Waals surface area contributed by atoms with Crippen molar-refractivity contribution in [3.05, 3.63) is 82.2 Å². The fourth-order valence-corrected chi connectivity index (χ4v) is 5.88. The van der Waals surface area contributed by atoms with Gasteiger partial charge >= 0.3 is 0 Å². The molecule has 0 fully saturated rings. The minimum atomic E-state index is -0.836. The van der Waals surface area contributed by atoms with Crippen molar-refractivity contribution in [2.45, 2.75) is 57.7 Å². The zero-order valence-electron chi connectivity index (χ0n) is 23.9. The minimum Gasteiger partial charge on any atom is -0.354 e. The number of nitrogens with one attached hydrogen (secondary N) is 4. The van der Waals surface area contributed by atoms with Gasteiger partial charge in [-0.25, -0.2) is 14.5 Å². The molecule has 3 aromatic heterocycles. The predicted molar refractivity (Wildman–Crippen MR) is 160 cm³/mol. The lowest BCUT2D eigenvalue weighted by molar-refractivity contribution is -0.124. The number of fused-ring (bicyclic) bond motifs is 3. The van der Waals surface area contributed by atoms with Crippen LogP contribution in [0, 0.1) is 5.92 Å². The number of hydrogen-bond acceptors (Lipinski definition) is 8. The van der Waals surface area contributed by atoms with Crippen LogP contribution in [-0.4, -0.2) is 61.8 Å². The number of rotatable bonds is 5. The number of aromatic nitrogens is 4. The normalized spacial score (nSPS) is 20.3. The highest BCUT2D eigenvalue weighted by Crippen LogP contribution is 2.26. The average Bonchev–Trinajstić information content (AvgIpc) is 3.68. The molecule has 1 aliphatic heterocycles. The molecule has 2 bridgehead atoms. The van der Waals surface area contributed by atoms with Gasteiger partial charge in [-0.2, -0.15) is 5.10 Å². The Hall–Kier alpha value is -4.65. The SMILES string of the molecule is CC(C)[C@H]1NC(=O)[C@@H](NC(=O)c2ccc3ncnn3c2)CCCCNC(=O)[C@@H](Cc2ccccc2)NC(=O)c2csc1n2. The maximum absolute atomic E-state index is 13.6. The van der Waals surface area contributed by atoms with Gasteiger partial charge in [0.15, 0.2) is 5.65 Å². The van der Waals surface area contributed by atoms with Crippen LogP contribution in [0.4, 0.5) is 0 Å². The first-order valence-electron chi connectivity index (χ1n) is 14.3. The molecule has 224 valence electrons. The van der Waals surface area contributed by atoms with Gasteiger partial charge in [0.2, 0.25) is 11.8 Å². The fraction of sp³-hybridized carbons (Fsp3) is 0.367. The molecule has 1 aliphatic rings. The lowest BCUT2D eigenvalue weighted by Gasteiger charge is -2.25. The average molecular weight is 603 g/mol. The molecule has 0 unspecified atom stereocenters. The van der Waals surface area contributed by atoms with E-state index in [9.17, 15) is 19.2 Å². The second-order valence-electron chi connectivity index (χ2n) is 10.8. The number of carbonyl (C=O) groups is 4. The Balaban J connectivity index is 1.37. The molecule has 13 heteroatoms. The number of benzene rings is 1. The molecule has 1 aromatic carbocycles. The summed E-state index contributed by atoms with van der Waals surface area (Å²) < 4.78 is 1.49. The maximum atomic E-state index is 13.6. The van der Waals surface area contributed by atoms with Crippen molar-refractivity contribution in [3.63, 3.8) is 0 Å². The molecular weight excluding hydrogens is 568 g/mol. The molecule has 43 heavy (non-hydrogen) atoms. The standard InChI is InChI=1S/C30H34N8O4S/c1-18(2)25-30-36-23(16-43-30)29(42)35-22(14-19-8-4-3-5-9-19)27(40)31-13-7-6-10-21(28(41)37-25)34-26(39)20-11-12-24-32-17-33-38(24)15-20/h3-5,8-9,11-12,15-18,21-22,25H,6-7,10,13-14H2,1-2H3,(H,31,40)(H,34,39)(H,35,42)(H,37,41)/t21-,22+,25+/m0/s1. The fourth-order valence-electron chi connectivity index (χ4n) is 4.86. The van der Waals surface area contributed by atoms with Crippen LogP contribution in [0.1, 0.15) is 70.6 Å². The lowest BCUT2D eigenvalue weighted by atomic mass is 10.0. The number of carbonyl (C=O) groups excluding carboxylic acids is 4. The van der Waals surface area contributed by atoms with Gasteiger partial charge in [0.05, 0.1) is 11.6 Å². The van der Waals surface area contributed by atoms with Crippen molar-refractivity contribution < 1.29 is 19.2 Å². The highest BCUT2D eigenvalue weighted by atomic mass is 32.1. The van der Waals surface area contributed by atoms with E-state index in [1.807, 2.05) is 44.2 Å². The first-order valence-corrected chi connectivity index (χ1v) is 15.1. The first kappa shape index (κ1) is 29.8. The highest BCUT2D eigenvalue weighted by molar-refractivity contribution is 7.09. The summed E-state index contributed by atoms with van der Waals surface area (Å²) in [5.74, 6) is -1.58. The van der Waals surface area contributed by atoms with Gasteiger partial charge in [0.25, 0.3) is 11.8 Å². The minimum absolute atomic E-state index is 0.0485. The van der Waals surface area contributed by atoms with E-state index in [4.69, 9.17) is 0 Å². The third-order valence-corrected chi connectivity index (χ3v) is 8.19. The van der Waals surface area contributed by atoms with Crippen molar-refractivity contribution in [2.75, 3.05) is 6.54 Å². The monoisotopic (exact) mass is 602 g/mol. The van der Waals surface area contributed by atoms with Gasteiger partial charge in [-0.15, -0.1) is 11.3 Å². The molecule has 3 atom stereocenters. The largest absolute Gasteiger partial charge is 0.354 e. The number of nitrogens with zero attached hydrogens (tertiary/aromatic N) is 4. The van der Waals surface area contributed by atoms with Gasteiger partial charge in [-0.1, -0.05) is 44.2 Å². The molecule has 12 nitrogen and oxygen atoms in total. The molecule has 4 heterocycles. The van der Waals surface area contributed by atoms with Crippen molar-refractivity contribution >= 4 is 40.6 Å². The Kier molecular flexibility index (Phi) is 9.40. The zero-order chi connectivity index (χ0) is 30.3. The molecule has 0 spiro atoms. The number of amides is 4. The molecule has 0 aliphatic carbocycles. The van der Waals surface area contributed by atoms with Gasteiger partial charge in [-0.05, 0) is 42.9 Å². The molecule has 4 amide bonds. The molecule has 0 radical (unpaired) electrons. The Morgan fingerprint density at radius 3 is 2.67 bits per heavy atom. The smallest absolute Gasteiger partial charge is 0.271 e. The highest BCUT2D eigenvalue weighted by Gasteiger charge is 2.29. The summed E-state index contributed by atoms with van der Waals surface area (Å²) in [4.78, 5) is 61.8. The van der Waals surface area contributed by atoms with Gasteiger partial charge in [0, 0.05) is 24.5 Å². The van der Waals surface area contributed by atoms with Gasteiger partial charge in [0.1, 0.15) is 29.1 Å². The quantitative estimate of drug-likeness (QED) is 0.273. The van der Waals surface area contributed by atoms with E-state index in [1.165, 1.54) is 22.2 Å². The second-order valence-corrected chi connectivity index (χ2v) is 11.7. The molecule has 5 rings (SSSR count). The van der Waals surface area contributed by atoms with Gasteiger partial charge in [-0.3, -0.25) is 19.2 Å². The molecule has 0 saturated carbocycles. The molecule has 4 aromatic rings. The van der Waals surface area contributed by atoms with E-state index in [1.54, 1.807) is 23.7 Å².